The number of methoxy groups -OCH3 is 2. The fourth-order valence-electron chi connectivity index (χ4n) is 3.30. The van der Waals surface area contributed by atoms with Crippen LogP contribution < -0.4 is 14.8 Å². The molecule has 1 N–H and O–H groups in total. The summed E-state index contributed by atoms with van der Waals surface area (Å²) in [6.45, 7) is 0.0214. The third-order valence-electron chi connectivity index (χ3n) is 4.74. The van der Waals surface area contributed by atoms with Gasteiger partial charge >= 0.3 is 0 Å². The summed E-state index contributed by atoms with van der Waals surface area (Å²) < 4.78 is 25.8. The van der Waals surface area contributed by atoms with Gasteiger partial charge in [0.15, 0.2) is 0 Å². The Hall–Kier alpha value is -3.87. The topological polar surface area (TPSA) is 65.4 Å². The van der Waals surface area contributed by atoms with Gasteiger partial charge < -0.3 is 19.4 Å². The smallest absolute Gasteiger partial charge is 0.244 e. The van der Waals surface area contributed by atoms with Crippen molar-refractivity contribution in [1.29, 1.82) is 0 Å². The van der Waals surface area contributed by atoms with Gasteiger partial charge in [-0.25, -0.2) is 9.37 Å². The monoisotopic (exact) mass is 405 g/mol. The van der Waals surface area contributed by atoms with E-state index in [2.05, 4.69) is 10.3 Å². The second kappa shape index (κ2) is 8.24. The lowest BCUT2D eigenvalue weighted by Crippen LogP contribution is -2.19. The van der Waals surface area contributed by atoms with Gasteiger partial charge in [0.25, 0.3) is 0 Å². The molecular formula is C23H20FN3O3. The van der Waals surface area contributed by atoms with Crippen LogP contribution in [0.4, 0.5) is 10.1 Å². The average Bonchev–Trinajstić information content (AvgIpc) is 3.12. The lowest BCUT2D eigenvalue weighted by Gasteiger charge is -2.13. The van der Waals surface area contributed by atoms with Crippen LogP contribution in [0.25, 0.3) is 22.4 Å². The van der Waals surface area contributed by atoms with E-state index >= 15 is 0 Å². The molecule has 1 amide bonds. The first kappa shape index (κ1) is 19.4. The summed E-state index contributed by atoms with van der Waals surface area (Å²) >= 11 is 0. The van der Waals surface area contributed by atoms with Crippen molar-refractivity contribution in [3.63, 3.8) is 0 Å². The molecule has 4 aromatic rings. The van der Waals surface area contributed by atoms with Gasteiger partial charge in [0.1, 0.15) is 29.7 Å². The molecule has 0 saturated heterocycles. The van der Waals surface area contributed by atoms with E-state index < -0.39 is 0 Å². The number of imidazole rings is 1. The number of nitrogens with zero attached hydrogens (tertiary/aromatic N) is 2. The summed E-state index contributed by atoms with van der Waals surface area (Å²) in [6.07, 6.45) is 0. The number of amides is 1. The predicted molar refractivity (Wildman–Crippen MR) is 113 cm³/mol. The van der Waals surface area contributed by atoms with E-state index in [1.807, 2.05) is 28.8 Å². The number of nitrogens with one attached hydrogen (secondary N) is 1. The van der Waals surface area contributed by atoms with Crippen LogP contribution in [0.15, 0.2) is 66.7 Å². The van der Waals surface area contributed by atoms with Gasteiger partial charge in [-0.3, -0.25) is 4.79 Å². The molecule has 1 heterocycles. The first-order valence-corrected chi connectivity index (χ1v) is 9.32. The first-order valence-electron chi connectivity index (χ1n) is 9.32. The highest BCUT2D eigenvalue weighted by Crippen LogP contribution is 2.29. The van der Waals surface area contributed by atoms with Gasteiger partial charge in [-0.15, -0.1) is 0 Å². The highest BCUT2D eigenvalue weighted by molar-refractivity contribution is 5.94. The minimum atomic E-state index is -0.329. The molecule has 0 saturated carbocycles. The van der Waals surface area contributed by atoms with Crippen LogP contribution in [-0.4, -0.2) is 29.7 Å². The minimum absolute atomic E-state index is 0.0214. The summed E-state index contributed by atoms with van der Waals surface area (Å²) in [5.74, 6) is 1.13. The molecule has 0 unspecified atom stereocenters. The summed E-state index contributed by atoms with van der Waals surface area (Å²) in [5.41, 5.74) is 2.79. The molecule has 3 aromatic carbocycles. The van der Waals surface area contributed by atoms with Crippen molar-refractivity contribution >= 4 is 22.6 Å². The lowest BCUT2D eigenvalue weighted by molar-refractivity contribution is -0.116. The molecule has 4 rings (SSSR count). The Labute approximate surface area is 172 Å². The predicted octanol–water partition coefficient (Wildman–Crippen LogP) is 4.50. The molecule has 1 aromatic heterocycles. The Balaban J connectivity index is 1.69. The van der Waals surface area contributed by atoms with Gasteiger partial charge in [-0.1, -0.05) is 12.1 Å². The van der Waals surface area contributed by atoms with Gasteiger partial charge in [-0.05, 0) is 48.5 Å². The number of aromatic nitrogens is 2. The number of carbonyl (C=O) groups is 1. The van der Waals surface area contributed by atoms with E-state index in [9.17, 15) is 9.18 Å². The van der Waals surface area contributed by atoms with E-state index in [1.165, 1.54) is 19.2 Å². The van der Waals surface area contributed by atoms with Crippen molar-refractivity contribution in [2.24, 2.45) is 0 Å². The number of halogens is 1. The SMILES string of the molecule is COc1ccc(OC)c(NC(=O)Cn2c(-c3ccc(F)cc3)nc3ccccc32)c1. The molecule has 7 heteroatoms. The maximum Gasteiger partial charge on any atom is 0.244 e. The molecule has 0 aliphatic carbocycles. The second-order valence-corrected chi connectivity index (χ2v) is 6.63. The summed E-state index contributed by atoms with van der Waals surface area (Å²) in [5, 5.41) is 2.87. The third-order valence-corrected chi connectivity index (χ3v) is 4.74. The van der Waals surface area contributed by atoms with Crippen molar-refractivity contribution in [2.75, 3.05) is 19.5 Å². The van der Waals surface area contributed by atoms with Crippen molar-refractivity contribution in [2.45, 2.75) is 6.54 Å². The van der Waals surface area contributed by atoms with Crippen molar-refractivity contribution in [1.82, 2.24) is 9.55 Å². The number of para-hydroxylation sites is 2. The van der Waals surface area contributed by atoms with Crippen LogP contribution >= 0.6 is 0 Å². The number of fused-ring (bicyclic) bond motifs is 1. The maximum absolute atomic E-state index is 13.4. The Kier molecular flexibility index (Phi) is 5.34. The number of hydrogen-bond acceptors (Lipinski definition) is 4. The second-order valence-electron chi connectivity index (χ2n) is 6.63. The highest BCUT2D eigenvalue weighted by Gasteiger charge is 2.16. The van der Waals surface area contributed by atoms with Gasteiger partial charge in [0, 0.05) is 11.6 Å². The van der Waals surface area contributed by atoms with Crippen molar-refractivity contribution in [3.8, 4) is 22.9 Å². The maximum atomic E-state index is 13.4. The molecule has 0 radical (unpaired) electrons. The van der Waals surface area contributed by atoms with Crippen LogP contribution in [-0.2, 0) is 11.3 Å². The van der Waals surface area contributed by atoms with E-state index in [1.54, 1.807) is 37.4 Å². The number of ether oxygens (including phenoxy) is 2. The van der Waals surface area contributed by atoms with E-state index in [0.29, 0.717) is 23.0 Å². The molecule has 152 valence electrons. The molecule has 0 aliphatic rings. The largest absolute Gasteiger partial charge is 0.497 e. The van der Waals surface area contributed by atoms with Gasteiger partial charge in [0.2, 0.25) is 5.91 Å². The van der Waals surface area contributed by atoms with Crippen LogP contribution in [0.1, 0.15) is 0 Å². The zero-order valence-electron chi connectivity index (χ0n) is 16.6. The highest BCUT2D eigenvalue weighted by atomic mass is 19.1. The van der Waals surface area contributed by atoms with Crippen LogP contribution in [0.2, 0.25) is 0 Å². The molecule has 0 atom stereocenters. The molecule has 0 spiro atoms. The molecule has 30 heavy (non-hydrogen) atoms. The summed E-state index contributed by atoms with van der Waals surface area (Å²) in [7, 11) is 3.09. The minimum Gasteiger partial charge on any atom is -0.497 e. The fraction of sp³-hybridized carbons (Fsp3) is 0.130. The van der Waals surface area contributed by atoms with Gasteiger partial charge in [0.05, 0.1) is 30.9 Å². The normalized spacial score (nSPS) is 10.8. The van der Waals surface area contributed by atoms with Crippen LogP contribution in [0.3, 0.4) is 0 Å². The standard InChI is InChI=1S/C23H20FN3O3/c1-29-17-11-12-21(30-2)19(13-17)25-22(28)14-27-20-6-4-3-5-18(20)26-23(27)15-7-9-16(24)10-8-15/h3-13H,14H2,1-2H3,(H,25,28). The molecule has 0 bridgehead atoms. The quantitative estimate of drug-likeness (QED) is 0.513. The molecule has 0 fully saturated rings. The number of anilines is 1. The molecule has 0 aliphatic heterocycles. The molecular weight excluding hydrogens is 385 g/mol. The number of carbonyl (C=O) groups excluding carboxylic acids is 1. The van der Waals surface area contributed by atoms with Crippen molar-refractivity contribution < 1.29 is 18.7 Å². The number of rotatable bonds is 6. The Bertz CT molecular complexity index is 1200. The van der Waals surface area contributed by atoms with Crippen molar-refractivity contribution in [3.05, 3.63) is 72.5 Å². The Morgan fingerprint density at radius 1 is 1.03 bits per heavy atom. The number of hydrogen-bond donors (Lipinski definition) is 1. The van der Waals surface area contributed by atoms with E-state index in [0.717, 1.165) is 16.6 Å². The van der Waals surface area contributed by atoms with E-state index in [4.69, 9.17) is 9.47 Å². The Morgan fingerprint density at radius 2 is 1.80 bits per heavy atom. The fourth-order valence-corrected chi connectivity index (χ4v) is 3.30. The third kappa shape index (κ3) is 3.82. The first-order chi connectivity index (χ1) is 14.6. The Morgan fingerprint density at radius 3 is 2.53 bits per heavy atom. The summed E-state index contributed by atoms with van der Waals surface area (Å²) in [4.78, 5) is 17.6. The zero-order chi connectivity index (χ0) is 21.1. The van der Waals surface area contributed by atoms with E-state index in [-0.39, 0.29) is 18.3 Å². The lowest BCUT2D eigenvalue weighted by atomic mass is 10.2. The summed E-state index contributed by atoms with van der Waals surface area (Å²) in [6, 6.07) is 18.8. The number of benzene rings is 3. The van der Waals surface area contributed by atoms with Crippen LogP contribution in [0.5, 0.6) is 11.5 Å². The van der Waals surface area contributed by atoms with Crippen LogP contribution in [0, 0.1) is 5.82 Å². The zero-order valence-corrected chi connectivity index (χ0v) is 16.6. The van der Waals surface area contributed by atoms with Gasteiger partial charge in [-0.2, -0.15) is 0 Å². The average molecular weight is 405 g/mol. The molecule has 6 nitrogen and oxygen atoms in total.